The number of aromatic hydroxyl groups is 1. The SMILES string of the molecule is O=C(NC1CCN(Cc2cccc(C(F)(F)F)c2)CC1)c1ccccc1O. The molecule has 0 unspecified atom stereocenters. The molecular weight excluding hydrogens is 357 g/mol. The number of likely N-dealkylation sites (tertiary alicyclic amines) is 1. The minimum atomic E-state index is -4.34. The van der Waals surface area contributed by atoms with E-state index < -0.39 is 11.7 Å². The van der Waals surface area contributed by atoms with Crippen molar-refractivity contribution < 1.29 is 23.1 Å². The summed E-state index contributed by atoms with van der Waals surface area (Å²) in [6.45, 7) is 1.81. The topological polar surface area (TPSA) is 52.6 Å². The van der Waals surface area contributed by atoms with E-state index in [1.807, 2.05) is 0 Å². The van der Waals surface area contributed by atoms with E-state index in [2.05, 4.69) is 10.2 Å². The van der Waals surface area contributed by atoms with Crippen LogP contribution in [0.2, 0.25) is 0 Å². The monoisotopic (exact) mass is 378 g/mol. The maximum absolute atomic E-state index is 12.8. The molecule has 144 valence electrons. The molecule has 0 bridgehead atoms. The van der Waals surface area contributed by atoms with Crippen LogP contribution in [0.1, 0.15) is 34.3 Å². The number of carbonyl (C=O) groups excluding carboxylic acids is 1. The summed E-state index contributed by atoms with van der Waals surface area (Å²) in [5.74, 6) is -0.374. The van der Waals surface area contributed by atoms with Gasteiger partial charge in [-0.25, -0.2) is 0 Å². The first-order valence-electron chi connectivity index (χ1n) is 8.80. The summed E-state index contributed by atoms with van der Waals surface area (Å²) in [5.41, 5.74) is 0.232. The number of para-hydroxylation sites is 1. The lowest BCUT2D eigenvalue weighted by atomic mass is 10.0. The van der Waals surface area contributed by atoms with Gasteiger partial charge in [-0.15, -0.1) is 0 Å². The minimum Gasteiger partial charge on any atom is -0.507 e. The molecule has 1 aliphatic heterocycles. The number of halogens is 3. The van der Waals surface area contributed by atoms with E-state index in [1.54, 1.807) is 24.3 Å². The molecule has 7 heteroatoms. The molecule has 0 aromatic heterocycles. The number of hydrogen-bond donors (Lipinski definition) is 2. The number of benzene rings is 2. The third kappa shape index (κ3) is 5.01. The Balaban J connectivity index is 1.52. The number of carbonyl (C=O) groups is 1. The van der Waals surface area contributed by atoms with Gasteiger partial charge in [-0.1, -0.05) is 30.3 Å². The van der Waals surface area contributed by atoms with Crippen LogP contribution in [-0.2, 0) is 12.7 Å². The highest BCUT2D eigenvalue weighted by Crippen LogP contribution is 2.30. The fourth-order valence-corrected chi connectivity index (χ4v) is 3.27. The first-order valence-corrected chi connectivity index (χ1v) is 8.80. The number of amides is 1. The molecule has 0 saturated carbocycles. The van der Waals surface area contributed by atoms with Crippen molar-refractivity contribution in [1.29, 1.82) is 0 Å². The van der Waals surface area contributed by atoms with Crippen molar-refractivity contribution in [1.82, 2.24) is 10.2 Å². The molecular formula is C20H21F3N2O2. The average molecular weight is 378 g/mol. The highest BCUT2D eigenvalue weighted by atomic mass is 19.4. The van der Waals surface area contributed by atoms with Crippen molar-refractivity contribution in [2.75, 3.05) is 13.1 Å². The second-order valence-electron chi connectivity index (χ2n) is 6.74. The second-order valence-corrected chi connectivity index (χ2v) is 6.74. The van der Waals surface area contributed by atoms with Gasteiger partial charge in [0.15, 0.2) is 0 Å². The molecule has 1 amide bonds. The number of nitrogens with zero attached hydrogens (tertiary/aromatic N) is 1. The lowest BCUT2D eigenvalue weighted by Gasteiger charge is -2.32. The number of piperidine rings is 1. The van der Waals surface area contributed by atoms with Crippen molar-refractivity contribution in [3.05, 3.63) is 65.2 Å². The third-order valence-corrected chi connectivity index (χ3v) is 4.73. The van der Waals surface area contributed by atoms with Crippen molar-refractivity contribution in [3.8, 4) is 5.75 Å². The Hall–Kier alpha value is -2.54. The van der Waals surface area contributed by atoms with E-state index in [1.165, 1.54) is 18.2 Å². The maximum Gasteiger partial charge on any atom is 0.416 e. The van der Waals surface area contributed by atoms with Gasteiger partial charge in [0.2, 0.25) is 0 Å². The Labute approximate surface area is 155 Å². The summed E-state index contributed by atoms with van der Waals surface area (Å²) in [4.78, 5) is 14.3. The summed E-state index contributed by atoms with van der Waals surface area (Å²) < 4.78 is 38.4. The van der Waals surface area contributed by atoms with Crippen LogP contribution in [0.15, 0.2) is 48.5 Å². The Morgan fingerprint density at radius 3 is 2.48 bits per heavy atom. The third-order valence-electron chi connectivity index (χ3n) is 4.73. The molecule has 27 heavy (non-hydrogen) atoms. The maximum atomic E-state index is 12.8. The second kappa shape index (κ2) is 8.00. The van der Waals surface area contributed by atoms with E-state index in [9.17, 15) is 23.1 Å². The standard InChI is InChI=1S/C20H21F3N2O2/c21-20(22,23)15-5-3-4-14(12-15)13-25-10-8-16(9-11-25)24-19(27)17-6-1-2-7-18(17)26/h1-7,12,16,26H,8-11,13H2,(H,24,27). The van der Waals surface area contributed by atoms with Gasteiger partial charge in [-0.3, -0.25) is 9.69 Å². The lowest BCUT2D eigenvalue weighted by Crippen LogP contribution is -2.44. The summed E-state index contributed by atoms with van der Waals surface area (Å²) in [5, 5.41) is 12.7. The summed E-state index contributed by atoms with van der Waals surface area (Å²) in [7, 11) is 0. The number of hydrogen-bond acceptors (Lipinski definition) is 3. The van der Waals surface area contributed by atoms with Crippen molar-refractivity contribution in [3.63, 3.8) is 0 Å². The Morgan fingerprint density at radius 2 is 1.81 bits per heavy atom. The summed E-state index contributed by atoms with van der Waals surface area (Å²) in [6, 6.07) is 11.7. The molecule has 0 radical (unpaired) electrons. The molecule has 1 aliphatic rings. The predicted octanol–water partition coefficient (Wildman–Crippen LogP) is 3.81. The smallest absolute Gasteiger partial charge is 0.416 e. The molecule has 0 spiro atoms. The molecule has 1 saturated heterocycles. The molecule has 2 aromatic carbocycles. The fourth-order valence-electron chi connectivity index (χ4n) is 3.27. The van der Waals surface area contributed by atoms with Crippen molar-refractivity contribution in [2.45, 2.75) is 31.6 Å². The average Bonchev–Trinajstić information content (AvgIpc) is 2.63. The van der Waals surface area contributed by atoms with Crippen molar-refractivity contribution >= 4 is 5.91 Å². The van der Waals surface area contributed by atoms with E-state index in [4.69, 9.17) is 0 Å². The molecule has 4 nitrogen and oxygen atoms in total. The molecule has 0 aliphatic carbocycles. The lowest BCUT2D eigenvalue weighted by molar-refractivity contribution is -0.137. The van der Waals surface area contributed by atoms with Gasteiger partial charge in [0.1, 0.15) is 5.75 Å². The zero-order chi connectivity index (χ0) is 19.4. The Morgan fingerprint density at radius 1 is 1.11 bits per heavy atom. The predicted molar refractivity (Wildman–Crippen MR) is 95.3 cm³/mol. The Kier molecular flexibility index (Phi) is 5.70. The van der Waals surface area contributed by atoms with Crippen LogP contribution in [-0.4, -0.2) is 35.0 Å². The zero-order valence-electron chi connectivity index (χ0n) is 14.7. The molecule has 1 heterocycles. The van der Waals surface area contributed by atoms with Crippen molar-refractivity contribution in [2.24, 2.45) is 0 Å². The van der Waals surface area contributed by atoms with Crippen LogP contribution in [0.3, 0.4) is 0 Å². The van der Waals surface area contributed by atoms with Gasteiger partial charge in [0, 0.05) is 25.7 Å². The number of nitrogens with one attached hydrogen (secondary N) is 1. The highest BCUT2D eigenvalue weighted by molar-refractivity contribution is 5.96. The normalized spacial score (nSPS) is 16.3. The number of rotatable bonds is 4. The number of alkyl halides is 3. The largest absolute Gasteiger partial charge is 0.507 e. The Bertz CT molecular complexity index is 800. The summed E-state index contributed by atoms with van der Waals surface area (Å²) in [6.07, 6.45) is -2.92. The van der Waals surface area contributed by atoms with Gasteiger partial charge < -0.3 is 10.4 Å². The van der Waals surface area contributed by atoms with E-state index >= 15 is 0 Å². The fraction of sp³-hybridized carbons (Fsp3) is 0.350. The van der Waals surface area contributed by atoms with Crippen LogP contribution in [0, 0.1) is 0 Å². The van der Waals surface area contributed by atoms with E-state index in [0.717, 1.165) is 6.07 Å². The molecule has 2 N–H and O–H groups in total. The van der Waals surface area contributed by atoms with E-state index in [-0.39, 0.29) is 23.3 Å². The van der Waals surface area contributed by atoms with Gasteiger partial charge >= 0.3 is 6.18 Å². The van der Waals surface area contributed by atoms with Crippen LogP contribution >= 0.6 is 0 Å². The molecule has 2 aromatic rings. The molecule has 0 atom stereocenters. The van der Waals surface area contributed by atoms with Gasteiger partial charge in [-0.2, -0.15) is 13.2 Å². The zero-order valence-corrected chi connectivity index (χ0v) is 14.7. The van der Waals surface area contributed by atoms with Gasteiger partial charge in [0.05, 0.1) is 11.1 Å². The number of phenolic OH excluding ortho intramolecular Hbond substituents is 1. The van der Waals surface area contributed by atoms with E-state index in [0.29, 0.717) is 38.0 Å². The van der Waals surface area contributed by atoms with Crippen LogP contribution < -0.4 is 5.32 Å². The molecule has 3 rings (SSSR count). The van der Waals surface area contributed by atoms with Gasteiger partial charge in [0.25, 0.3) is 5.91 Å². The van der Waals surface area contributed by atoms with Crippen LogP contribution in [0.5, 0.6) is 5.75 Å². The summed E-state index contributed by atoms with van der Waals surface area (Å²) >= 11 is 0. The quantitative estimate of drug-likeness (QED) is 0.851. The molecule has 1 fully saturated rings. The van der Waals surface area contributed by atoms with Gasteiger partial charge in [-0.05, 0) is 36.6 Å². The van der Waals surface area contributed by atoms with Crippen LogP contribution in [0.25, 0.3) is 0 Å². The first-order chi connectivity index (χ1) is 12.8. The van der Waals surface area contributed by atoms with Crippen LogP contribution in [0.4, 0.5) is 13.2 Å². The minimum absolute atomic E-state index is 0.0186. The highest BCUT2D eigenvalue weighted by Gasteiger charge is 2.30. The number of phenols is 1. The first kappa shape index (κ1) is 19.2.